The van der Waals surface area contributed by atoms with E-state index in [1.807, 2.05) is 0 Å². The molecule has 0 saturated heterocycles. The van der Waals surface area contributed by atoms with Gasteiger partial charge in [0, 0.05) is 10.6 Å². The molecule has 104 valence electrons. The summed E-state index contributed by atoms with van der Waals surface area (Å²) < 4.78 is 10.2. The van der Waals surface area contributed by atoms with Crippen LogP contribution in [0.1, 0.15) is 10.4 Å². The average Bonchev–Trinajstić information content (AvgIpc) is 2.47. The summed E-state index contributed by atoms with van der Waals surface area (Å²) in [7, 11) is 3.03. The molecule has 2 aromatic carbocycles. The summed E-state index contributed by atoms with van der Waals surface area (Å²) >= 11 is 6.16. The number of hydrogen-bond acceptors (Lipinski definition) is 3. The van der Waals surface area contributed by atoms with Crippen LogP contribution in [0.25, 0.3) is 11.1 Å². The minimum absolute atomic E-state index is 0.125. The first kappa shape index (κ1) is 14.2. The number of carbonyl (C=O) groups is 1. The molecule has 0 atom stereocenters. The summed E-state index contributed by atoms with van der Waals surface area (Å²) in [6, 6.07) is 9.92. The fourth-order valence-corrected chi connectivity index (χ4v) is 2.12. The lowest BCUT2D eigenvalue weighted by molar-refractivity contribution is 0.0697. The van der Waals surface area contributed by atoms with Gasteiger partial charge in [0.05, 0.1) is 19.8 Å². The van der Waals surface area contributed by atoms with Gasteiger partial charge in [-0.1, -0.05) is 11.6 Å². The van der Waals surface area contributed by atoms with E-state index >= 15 is 0 Å². The van der Waals surface area contributed by atoms with Crippen LogP contribution in [-0.2, 0) is 0 Å². The van der Waals surface area contributed by atoms with Crippen molar-refractivity contribution in [1.29, 1.82) is 0 Å². The maximum Gasteiger partial charge on any atom is 0.336 e. The van der Waals surface area contributed by atoms with Gasteiger partial charge in [0.15, 0.2) is 0 Å². The van der Waals surface area contributed by atoms with Crippen molar-refractivity contribution < 1.29 is 19.4 Å². The number of benzene rings is 2. The van der Waals surface area contributed by atoms with Gasteiger partial charge in [0.2, 0.25) is 0 Å². The van der Waals surface area contributed by atoms with Crippen LogP contribution in [0.3, 0.4) is 0 Å². The Morgan fingerprint density at radius 1 is 1.00 bits per heavy atom. The first-order valence-corrected chi connectivity index (χ1v) is 6.20. The molecular formula is C15H13ClO4. The van der Waals surface area contributed by atoms with Gasteiger partial charge in [-0.3, -0.25) is 0 Å². The van der Waals surface area contributed by atoms with Gasteiger partial charge in [-0.2, -0.15) is 0 Å². The molecule has 0 radical (unpaired) electrons. The molecule has 2 rings (SSSR count). The van der Waals surface area contributed by atoms with Crippen LogP contribution in [0.4, 0.5) is 0 Å². The first-order chi connectivity index (χ1) is 9.56. The van der Waals surface area contributed by atoms with Crippen LogP contribution in [0, 0.1) is 0 Å². The second kappa shape index (κ2) is 5.84. The lowest BCUT2D eigenvalue weighted by Crippen LogP contribution is -2.01. The van der Waals surface area contributed by atoms with Crippen LogP contribution < -0.4 is 9.47 Å². The van der Waals surface area contributed by atoms with Gasteiger partial charge in [0.25, 0.3) is 0 Å². The molecule has 2 aromatic rings. The number of carboxylic acid groups (broad SMARTS) is 1. The zero-order chi connectivity index (χ0) is 14.7. The second-order valence-electron chi connectivity index (χ2n) is 4.06. The van der Waals surface area contributed by atoms with E-state index in [1.54, 1.807) is 37.4 Å². The van der Waals surface area contributed by atoms with E-state index < -0.39 is 5.97 Å². The Labute approximate surface area is 121 Å². The SMILES string of the molecule is COc1ccc(-c2cc(OC)ccc2Cl)c(C(=O)O)c1. The molecule has 0 aliphatic carbocycles. The Morgan fingerprint density at radius 2 is 1.60 bits per heavy atom. The Hall–Kier alpha value is -2.20. The van der Waals surface area contributed by atoms with Crippen LogP contribution in [0.2, 0.25) is 5.02 Å². The molecule has 4 nitrogen and oxygen atoms in total. The average molecular weight is 293 g/mol. The summed E-state index contributed by atoms with van der Waals surface area (Å²) in [4.78, 5) is 11.4. The Balaban J connectivity index is 2.65. The number of carboxylic acids is 1. The van der Waals surface area contributed by atoms with E-state index in [-0.39, 0.29) is 5.56 Å². The number of ether oxygens (including phenoxy) is 2. The van der Waals surface area contributed by atoms with E-state index in [0.717, 1.165) is 0 Å². The van der Waals surface area contributed by atoms with E-state index in [2.05, 4.69) is 0 Å². The number of hydrogen-bond donors (Lipinski definition) is 1. The maximum atomic E-state index is 11.4. The predicted molar refractivity (Wildman–Crippen MR) is 77.0 cm³/mol. The molecule has 0 spiro atoms. The van der Waals surface area contributed by atoms with E-state index in [4.69, 9.17) is 21.1 Å². The van der Waals surface area contributed by atoms with Crippen LogP contribution >= 0.6 is 11.6 Å². The van der Waals surface area contributed by atoms with Crippen LogP contribution in [0.5, 0.6) is 11.5 Å². The van der Waals surface area contributed by atoms with Gasteiger partial charge < -0.3 is 14.6 Å². The summed E-state index contributed by atoms with van der Waals surface area (Å²) in [6.45, 7) is 0. The maximum absolute atomic E-state index is 11.4. The molecule has 0 saturated carbocycles. The fourth-order valence-electron chi connectivity index (χ4n) is 1.90. The molecule has 0 aromatic heterocycles. The van der Waals surface area contributed by atoms with Crippen LogP contribution in [0.15, 0.2) is 36.4 Å². The smallest absolute Gasteiger partial charge is 0.336 e. The molecule has 0 fully saturated rings. The number of halogens is 1. The molecule has 0 unspecified atom stereocenters. The number of methoxy groups -OCH3 is 2. The van der Waals surface area contributed by atoms with Crippen LogP contribution in [-0.4, -0.2) is 25.3 Å². The monoisotopic (exact) mass is 292 g/mol. The topological polar surface area (TPSA) is 55.8 Å². The molecule has 0 bridgehead atoms. The fraction of sp³-hybridized carbons (Fsp3) is 0.133. The highest BCUT2D eigenvalue weighted by molar-refractivity contribution is 6.33. The van der Waals surface area contributed by atoms with Crippen molar-refractivity contribution in [3.8, 4) is 22.6 Å². The lowest BCUT2D eigenvalue weighted by Gasteiger charge is -2.11. The summed E-state index contributed by atoms with van der Waals surface area (Å²) in [5.41, 5.74) is 1.24. The molecule has 0 aliphatic heterocycles. The highest BCUT2D eigenvalue weighted by Gasteiger charge is 2.16. The lowest BCUT2D eigenvalue weighted by atomic mass is 9.99. The van der Waals surface area contributed by atoms with Gasteiger partial charge in [-0.05, 0) is 42.0 Å². The third-order valence-electron chi connectivity index (χ3n) is 2.92. The normalized spacial score (nSPS) is 10.2. The summed E-state index contributed by atoms with van der Waals surface area (Å²) in [5.74, 6) is 0.0412. The van der Waals surface area contributed by atoms with Crippen molar-refractivity contribution in [3.63, 3.8) is 0 Å². The highest BCUT2D eigenvalue weighted by Crippen LogP contribution is 2.35. The van der Waals surface area contributed by atoms with E-state index in [9.17, 15) is 9.90 Å². The molecule has 5 heteroatoms. The van der Waals surface area contributed by atoms with Crippen molar-refractivity contribution >= 4 is 17.6 Å². The van der Waals surface area contributed by atoms with Crippen molar-refractivity contribution in [3.05, 3.63) is 47.0 Å². The van der Waals surface area contributed by atoms with Gasteiger partial charge in [-0.15, -0.1) is 0 Å². The quantitative estimate of drug-likeness (QED) is 0.933. The Kier molecular flexibility index (Phi) is 4.15. The molecule has 0 aliphatic rings. The summed E-state index contributed by atoms with van der Waals surface area (Å²) in [6.07, 6.45) is 0. The van der Waals surface area contributed by atoms with E-state index in [0.29, 0.717) is 27.6 Å². The van der Waals surface area contributed by atoms with Gasteiger partial charge in [-0.25, -0.2) is 4.79 Å². The largest absolute Gasteiger partial charge is 0.497 e. The van der Waals surface area contributed by atoms with E-state index in [1.165, 1.54) is 13.2 Å². The van der Waals surface area contributed by atoms with Gasteiger partial charge in [0.1, 0.15) is 11.5 Å². The molecular weight excluding hydrogens is 280 g/mol. The minimum atomic E-state index is -1.04. The zero-order valence-corrected chi connectivity index (χ0v) is 11.8. The Bertz CT molecular complexity index is 652. The third kappa shape index (κ3) is 2.70. The number of aromatic carboxylic acids is 1. The molecule has 0 heterocycles. The predicted octanol–water partition coefficient (Wildman–Crippen LogP) is 3.72. The molecule has 0 amide bonds. The van der Waals surface area contributed by atoms with Crippen molar-refractivity contribution in [1.82, 2.24) is 0 Å². The van der Waals surface area contributed by atoms with Gasteiger partial charge >= 0.3 is 5.97 Å². The third-order valence-corrected chi connectivity index (χ3v) is 3.25. The standard InChI is InChI=1S/C15H13ClO4/c1-19-9-3-5-11(13(8-9)15(17)18)12-7-10(20-2)4-6-14(12)16/h3-8H,1-2H3,(H,17,18). The second-order valence-corrected chi connectivity index (χ2v) is 4.47. The van der Waals surface area contributed by atoms with Crippen molar-refractivity contribution in [2.24, 2.45) is 0 Å². The number of rotatable bonds is 4. The minimum Gasteiger partial charge on any atom is -0.497 e. The van der Waals surface area contributed by atoms with Crippen molar-refractivity contribution in [2.75, 3.05) is 14.2 Å². The molecule has 20 heavy (non-hydrogen) atoms. The highest BCUT2D eigenvalue weighted by atomic mass is 35.5. The molecule has 1 N–H and O–H groups in total. The summed E-state index contributed by atoms with van der Waals surface area (Å²) in [5, 5.41) is 9.79. The van der Waals surface area contributed by atoms with Crippen molar-refractivity contribution in [2.45, 2.75) is 0 Å². The Morgan fingerprint density at radius 3 is 2.20 bits per heavy atom. The first-order valence-electron chi connectivity index (χ1n) is 5.82. The zero-order valence-electron chi connectivity index (χ0n) is 11.0.